The lowest BCUT2D eigenvalue weighted by Crippen LogP contribution is -2.36. The molecule has 0 aliphatic carbocycles. The Hall–Kier alpha value is -1.36. The van der Waals surface area contributed by atoms with E-state index in [4.69, 9.17) is 11.6 Å². The fourth-order valence-corrected chi connectivity index (χ4v) is 3.92. The predicted octanol–water partition coefficient (Wildman–Crippen LogP) is 3.97. The maximum atomic E-state index is 12.3. The first-order valence-electron chi connectivity index (χ1n) is 7.55. The largest absolute Gasteiger partial charge is 0.350 e. The van der Waals surface area contributed by atoms with Gasteiger partial charge in [0.2, 0.25) is 0 Å². The minimum absolute atomic E-state index is 0.0664. The molecule has 1 fully saturated rings. The van der Waals surface area contributed by atoms with Gasteiger partial charge in [0.05, 0.1) is 6.04 Å². The zero-order chi connectivity index (χ0) is 15.4. The smallest absolute Gasteiger partial charge is 0.251 e. The van der Waals surface area contributed by atoms with Gasteiger partial charge in [-0.2, -0.15) is 0 Å². The fraction of sp³-hybridized carbons (Fsp3) is 0.353. The van der Waals surface area contributed by atoms with Crippen LogP contribution in [0.2, 0.25) is 5.02 Å². The lowest BCUT2D eigenvalue weighted by molar-refractivity contribution is 0.0938. The summed E-state index contributed by atoms with van der Waals surface area (Å²) >= 11 is 7.70. The molecule has 0 bridgehead atoms. The normalized spacial score (nSPS) is 16.6. The molecule has 2 heterocycles. The minimum atomic E-state index is -0.0664. The van der Waals surface area contributed by atoms with Crippen LogP contribution in [0.15, 0.2) is 41.8 Å². The van der Waals surface area contributed by atoms with E-state index in [1.54, 1.807) is 35.6 Å². The van der Waals surface area contributed by atoms with Crippen LogP contribution in [0.4, 0.5) is 0 Å². The molecule has 0 radical (unpaired) electrons. The third kappa shape index (κ3) is 3.69. The minimum Gasteiger partial charge on any atom is -0.350 e. The quantitative estimate of drug-likeness (QED) is 0.897. The maximum absolute atomic E-state index is 12.3. The van der Waals surface area contributed by atoms with E-state index in [-0.39, 0.29) is 11.9 Å². The van der Waals surface area contributed by atoms with Crippen LogP contribution in [0, 0.1) is 0 Å². The van der Waals surface area contributed by atoms with E-state index in [0.29, 0.717) is 17.1 Å². The number of nitrogens with zero attached hydrogens (tertiary/aromatic N) is 1. The van der Waals surface area contributed by atoms with E-state index in [0.717, 1.165) is 13.1 Å². The molecule has 1 amide bonds. The lowest BCUT2D eigenvalue weighted by atomic mass is 10.2. The van der Waals surface area contributed by atoms with Crippen molar-refractivity contribution in [3.8, 4) is 0 Å². The third-order valence-corrected chi connectivity index (χ3v) is 5.20. The van der Waals surface area contributed by atoms with Crippen molar-refractivity contribution >= 4 is 28.8 Å². The highest BCUT2D eigenvalue weighted by atomic mass is 35.5. The molecule has 1 aliphatic heterocycles. The lowest BCUT2D eigenvalue weighted by Gasteiger charge is -2.26. The highest BCUT2D eigenvalue weighted by Crippen LogP contribution is 2.27. The number of benzene rings is 1. The van der Waals surface area contributed by atoms with Gasteiger partial charge >= 0.3 is 0 Å². The molecule has 1 N–H and O–H groups in total. The molecule has 1 atom stereocenters. The van der Waals surface area contributed by atoms with Crippen LogP contribution in [-0.4, -0.2) is 30.4 Å². The van der Waals surface area contributed by atoms with E-state index in [2.05, 4.69) is 27.7 Å². The van der Waals surface area contributed by atoms with Crippen LogP contribution >= 0.6 is 22.9 Å². The third-order valence-electron chi connectivity index (χ3n) is 4.00. The summed E-state index contributed by atoms with van der Waals surface area (Å²) in [4.78, 5) is 16.1. The molecule has 0 spiro atoms. The number of hydrogen-bond donors (Lipinski definition) is 1. The highest BCUT2D eigenvalue weighted by molar-refractivity contribution is 7.10. The standard InChI is InChI=1S/C17H19ClN2OS/c18-14-6-3-5-13(11-14)17(21)19-12-15(16-7-4-10-22-16)20-8-1-2-9-20/h3-7,10-11,15H,1-2,8-9,12H2,(H,19,21)/t15-/m0/s1. The average Bonchev–Trinajstić information content (AvgIpc) is 3.21. The number of carbonyl (C=O) groups excluding carboxylic acids is 1. The Bertz CT molecular complexity index is 623. The molecule has 3 nitrogen and oxygen atoms in total. The maximum Gasteiger partial charge on any atom is 0.251 e. The van der Waals surface area contributed by atoms with Crippen molar-refractivity contribution in [3.63, 3.8) is 0 Å². The number of nitrogens with one attached hydrogen (secondary N) is 1. The van der Waals surface area contributed by atoms with Gasteiger partial charge in [-0.05, 0) is 55.6 Å². The van der Waals surface area contributed by atoms with Gasteiger partial charge in [-0.15, -0.1) is 11.3 Å². The van der Waals surface area contributed by atoms with Crippen LogP contribution in [-0.2, 0) is 0 Å². The van der Waals surface area contributed by atoms with Gasteiger partial charge in [-0.25, -0.2) is 0 Å². The summed E-state index contributed by atoms with van der Waals surface area (Å²) in [7, 11) is 0. The molecule has 1 aromatic carbocycles. The van der Waals surface area contributed by atoms with E-state index in [1.165, 1.54) is 17.7 Å². The second-order valence-electron chi connectivity index (χ2n) is 5.49. The molecule has 5 heteroatoms. The summed E-state index contributed by atoms with van der Waals surface area (Å²) in [6.07, 6.45) is 2.48. The van der Waals surface area contributed by atoms with Crippen molar-refractivity contribution in [1.29, 1.82) is 0 Å². The Labute approximate surface area is 139 Å². The van der Waals surface area contributed by atoms with Crippen molar-refractivity contribution < 1.29 is 4.79 Å². The van der Waals surface area contributed by atoms with Crippen molar-refractivity contribution in [2.24, 2.45) is 0 Å². The fourth-order valence-electron chi connectivity index (χ4n) is 2.86. The van der Waals surface area contributed by atoms with Crippen LogP contribution < -0.4 is 5.32 Å². The van der Waals surface area contributed by atoms with Crippen molar-refractivity contribution in [1.82, 2.24) is 10.2 Å². The van der Waals surface area contributed by atoms with Gasteiger partial charge in [0.15, 0.2) is 0 Å². The average molecular weight is 335 g/mol. The van der Waals surface area contributed by atoms with Crippen LogP contribution in [0.3, 0.4) is 0 Å². The van der Waals surface area contributed by atoms with Gasteiger partial charge in [0.1, 0.15) is 0 Å². The summed E-state index contributed by atoms with van der Waals surface area (Å²) in [5, 5.41) is 5.74. The number of hydrogen-bond acceptors (Lipinski definition) is 3. The molecular weight excluding hydrogens is 316 g/mol. The first-order valence-corrected chi connectivity index (χ1v) is 8.81. The Morgan fingerprint density at radius 2 is 2.09 bits per heavy atom. The second-order valence-corrected chi connectivity index (χ2v) is 6.91. The van der Waals surface area contributed by atoms with Crippen molar-refractivity contribution in [2.45, 2.75) is 18.9 Å². The molecule has 0 saturated carbocycles. The van der Waals surface area contributed by atoms with E-state index >= 15 is 0 Å². The van der Waals surface area contributed by atoms with Crippen molar-refractivity contribution in [2.75, 3.05) is 19.6 Å². The van der Waals surface area contributed by atoms with Crippen LogP contribution in [0.25, 0.3) is 0 Å². The molecular formula is C17H19ClN2OS. The molecule has 116 valence electrons. The molecule has 22 heavy (non-hydrogen) atoms. The van der Waals surface area contributed by atoms with Gasteiger partial charge < -0.3 is 5.32 Å². The summed E-state index contributed by atoms with van der Waals surface area (Å²) in [5.74, 6) is -0.0664. The van der Waals surface area contributed by atoms with Gasteiger partial charge in [0, 0.05) is 22.0 Å². The monoisotopic (exact) mass is 334 g/mol. The zero-order valence-electron chi connectivity index (χ0n) is 12.3. The summed E-state index contributed by atoms with van der Waals surface area (Å²) in [6.45, 7) is 2.84. The van der Waals surface area contributed by atoms with Crippen LogP contribution in [0.5, 0.6) is 0 Å². The topological polar surface area (TPSA) is 32.3 Å². The SMILES string of the molecule is O=C(NC[C@@H](c1cccs1)N1CCCC1)c1cccc(Cl)c1. The molecule has 1 aromatic heterocycles. The Morgan fingerprint density at radius 1 is 1.27 bits per heavy atom. The Balaban J connectivity index is 1.67. The highest BCUT2D eigenvalue weighted by Gasteiger charge is 2.24. The molecule has 3 rings (SSSR count). The van der Waals surface area contributed by atoms with Gasteiger partial charge in [-0.1, -0.05) is 23.7 Å². The van der Waals surface area contributed by atoms with Gasteiger partial charge in [0.25, 0.3) is 5.91 Å². The predicted molar refractivity (Wildman–Crippen MR) is 91.7 cm³/mol. The Morgan fingerprint density at radius 3 is 2.77 bits per heavy atom. The number of amides is 1. The molecule has 0 unspecified atom stereocenters. The molecule has 1 saturated heterocycles. The van der Waals surface area contributed by atoms with Crippen molar-refractivity contribution in [3.05, 3.63) is 57.2 Å². The molecule has 1 aliphatic rings. The number of rotatable bonds is 5. The summed E-state index contributed by atoms with van der Waals surface area (Å²) < 4.78 is 0. The summed E-state index contributed by atoms with van der Waals surface area (Å²) in [5.41, 5.74) is 0.610. The van der Waals surface area contributed by atoms with Gasteiger partial charge in [-0.3, -0.25) is 9.69 Å². The zero-order valence-corrected chi connectivity index (χ0v) is 13.9. The molecule has 2 aromatic rings. The van der Waals surface area contributed by atoms with E-state index in [1.807, 2.05) is 0 Å². The number of carbonyl (C=O) groups is 1. The summed E-state index contributed by atoms with van der Waals surface area (Å²) in [6, 6.07) is 11.6. The van der Waals surface area contributed by atoms with E-state index in [9.17, 15) is 4.79 Å². The van der Waals surface area contributed by atoms with E-state index < -0.39 is 0 Å². The number of likely N-dealkylation sites (tertiary alicyclic amines) is 1. The first kappa shape index (κ1) is 15.5. The number of halogens is 1. The van der Waals surface area contributed by atoms with Crippen LogP contribution in [0.1, 0.15) is 34.1 Å². The second kappa shape index (κ2) is 7.27. The Kier molecular flexibility index (Phi) is 5.13. The first-order chi connectivity index (χ1) is 10.7. The number of thiophene rings is 1.